The van der Waals surface area contributed by atoms with Gasteiger partial charge >= 0.3 is 0 Å². The Morgan fingerprint density at radius 3 is 3.00 bits per heavy atom. The number of ether oxygens (including phenoxy) is 1. The summed E-state index contributed by atoms with van der Waals surface area (Å²) in [6, 6.07) is 12.3. The molecule has 6 heteroatoms. The van der Waals surface area contributed by atoms with Crippen molar-refractivity contribution >= 4 is 21.6 Å². The number of benzene rings is 1. The molecule has 2 aromatic heterocycles. The lowest BCUT2D eigenvalue weighted by atomic mass is 10.2. The lowest BCUT2D eigenvalue weighted by Crippen LogP contribution is -3.16. The van der Waals surface area contributed by atoms with Gasteiger partial charge in [-0.1, -0.05) is 26.0 Å². The van der Waals surface area contributed by atoms with Crippen LogP contribution in [0.25, 0.3) is 21.0 Å². The molecular formula is C21H29N3O2S+2. The van der Waals surface area contributed by atoms with Crippen LogP contribution in [0.1, 0.15) is 19.6 Å². The highest BCUT2D eigenvalue weighted by molar-refractivity contribution is 7.21. The first kappa shape index (κ1) is 18.6. The summed E-state index contributed by atoms with van der Waals surface area (Å²) >= 11 is 1.68. The van der Waals surface area contributed by atoms with Crippen molar-refractivity contribution in [1.29, 1.82) is 0 Å². The maximum absolute atomic E-state index is 6.03. The Kier molecular flexibility index (Phi) is 5.88. The maximum Gasteiger partial charge on any atom is 0.163 e. The minimum Gasteiger partial charge on any atom is -0.453 e. The average molecular weight is 388 g/mol. The summed E-state index contributed by atoms with van der Waals surface area (Å²) < 4.78 is 13.2. The molecule has 2 atom stereocenters. The van der Waals surface area contributed by atoms with Crippen molar-refractivity contribution in [2.75, 3.05) is 32.8 Å². The molecule has 0 bridgehead atoms. The number of morpholine rings is 1. The zero-order valence-corrected chi connectivity index (χ0v) is 16.9. The lowest BCUT2D eigenvalue weighted by Gasteiger charge is -2.30. The zero-order valence-electron chi connectivity index (χ0n) is 16.1. The highest BCUT2D eigenvalue weighted by Crippen LogP contribution is 2.30. The van der Waals surface area contributed by atoms with Crippen molar-refractivity contribution in [1.82, 2.24) is 4.98 Å². The number of nitrogens with one attached hydrogen (secondary N) is 1. The largest absolute Gasteiger partial charge is 0.453 e. The van der Waals surface area contributed by atoms with E-state index in [-0.39, 0.29) is 0 Å². The van der Waals surface area contributed by atoms with Gasteiger partial charge in [0.05, 0.1) is 23.4 Å². The Morgan fingerprint density at radius 2 is 2.15 bits per heavy atom. The zero-order chi connectivity index (χ0) is 18.6. The van der Waals surface area contributed by atoms with E-state index in [1.807, 2.05) is 24.3 Å². The fraction of sp³-hybridized carbons (Fsp3) is 0.476. The predicted octanol–water partition coefficient (Wildman–Crippen LogP) is 1.56. The quantitative estimate of drug-likeness (QED) is 0.647. The second-order valence-corrected chi connectivity index (χ2v) is 8.81. The van der Waals surface area contributed by atoms with Gasteiger partial charge in [-0.15, -0.1) is 11.3 Å². The number of rotatable bonds is 7. The van der Waals surface area contributed by atoms with E-state index in [1.54, 1.807) is 16.2 Å². The molecule has 3 N–H and O–H groups in total. The van der Waals surface area contributed by atoms with Gasteiger partial charge in [-0.05, 0) is 24.3 Å². The molecule has 3 aromatic rings. The molecule has 0 saturated carbocycles. The van der Waals surface area contributed by atoms with Crippen LogP contribution in [0.3, 0.4) is 0 Å². The number of hydrogen-bond acceptors (Lipinski definition) is 4. The first-order valence-corrected chi connectivity index (χ1v) is 10.7. The molecule has 1 aliphatic heterocycles. The Bertz CT molecular complexity index is 840. The molecule has 1 aromatic carbocycles. The summed E-state index contributed by atoms with van der Waals surface area (Å²) in [6.45, 7) is 10.8. The average Bonchev–Trinajstić information content (AvgIpc) is 3.28. The first-order valence-electron chi connectivity index (χ1n) is 9.89. The van der Waals surface area contributed by atoms with E-state index in [0.29, 0.717) is 6.10 Å². The molecule has 0 amide bonds. The standard InChI is InChI=1S/C21H27N3O2S/c1-15(2)13-24-9-10-25-17(14-24)12-22-11-16-7-8-19(26-16)21-23-18-5-3-4-6-20(18)27-21/h3-8,15,17,22H,9-14H2,1-2H3/p+2/t17-/m1/s1. The summed E-state index contributed by atoms with van der Waals surface area (Å²) in [5.74, 6) is 2.60. The fourth-order valence-corrected chi connectivity index (χ4v) is 4.69. The van der Waals surface area contributed by atoms with E-state index in [2.05, 4.69) is 36.3 Å². The number of quaternary nitrogens is 2. The van der Waals surface area contributed by atoms with Crippen molar-refractivity contribution in [3.8, 4) is 10.8 Å². The molecule has 27 heavy (non-hydrogen) atoms. The third-order valence-corrected chi connectivity index (χ3v) is 6.01. The molecule has 3 heterocycles. The first-order chi connectivity index (χ1) is 13.2. The number of fused-ring (bicyclic) bond motifs is 1. The molecule has 1 aliphatic rings. The van der Waals surface area contributed by atoms with E-state index in [4.69, 9.17) is 9.15 Å². The number of para-hydroxylation sites is 1. The van der Waals surface area contributed by atoms with Gasteiger partial charge in [0, 0.05) is 5.92 Å². The van der Waals surface area contributed by atoms with Gasteiger partial charge in [-0.3, -0.25) is 0 Å². The van der Waals surface area contributed by atoms with Crippen LogP contribution in [0.4, 0.5) is 0 Å². The number of aromatic nitrogens is 1. The van der Waals surface area contributed by atoms with E-state index in [1.165, 1.54) is 11.2 Å². The van der Waals surface area contributed by atoms with E-state index in [0.717, 1.165) is 60.7 Å². The van der Waals surface area contributed by atoms with Gasteiger partial charge in [0.2, 0.25) is 0 Å². The third kappa shape index (κ3) is 4.76. The Morgan fingerprint density at radius 1 is 1.26 bits per heavy atom. The Labute approximate surface area is 164 Å². The minimum atomic E-state index is 0.339. The molecule has 0 aliphatic carbocycles. The molecule has 1 saturated heterocycles. The second-order valence-electron chi connectivity index (χ2n) is 7.78. The van der Waals surface area contributed by atoms with E-state index < -0.39 is 0 Å². The van der Waals surface area contributed by atoms with Gasteiger partial charge in [0.25, 0.3) is 0 Å². The van der Waals surface area contributed by atoms with Crippen LogP contribution in [0.2, 0.25) is 0 Å². The monoisotopic (exact) mass is 387 g/mol. The van der Waals surface area contributed by atoms with Crippen molar-refractivity contribution in [3.63, 3.8) is 0 Å². The molecular weight excluding hydrogens is 358 g/mol. The van der Waals surface area contributed by atoms with Gasteiger partial charge in [0.1, 0.15) is 26.2 Å². The van der Waals surface area contributed by atoms with Gasteiger partial charge in [0.15, 0.2) is 22.6 Å². The summed E-state index contributed by atoms with van der Waals surface area (Å²) in [6.07, 6.45) is 0.339. The summed E-state index contributed by atoms with van der Waals surface area (Å²) in [5, 5.41) is 3.25. The van der Waals surface area contributed by atoms with Gasteiger partial charge < -0.3 is 19.4 Å². The van der Waals surface area contributed by atoms with Crippen molar-refractivity contribution in [2.24, 2.45) is 5.92 Å². The normalized spacial score (nSPS) is 20.6. The topological polar surface area (TPSA) is 56.3 Å². The van der Waals surface area contributed by atoms with Crippen LogP contribution in [0.15, 0.2) is 40.8 Å². The predicted molar refractivity (Wildman–Crippen MR) is 108 cm³/mol. The highest BCUT2D eigenvalue weighted by Gasteiger charge is 2.25. The third-order valence-electron chi connectivity index (χ3n) is 4.96. The van der Waals surface area contributed by atoms with E-state index in [9.17, 15) is 0 Å². The molecule has 5 nitrogen and oxygen atoms in total. The van der Waals surface area contributed by atoms with Gasteiger partial charge in [-0.25, -0.2) is 4.98 Å². The summed E-state index contributed by atoms with van der Waals surface area (Å²) in [7, 11) is 0. The minimum absolute atomic E-state index is 0.339. The number of nitrogens with two attached hydrogens (primary N) is 1. The SMILES string of the molecule is CC(C)C[NH+]1CCO[C@H](C[NH2+]Cc2ccc(-c3nc4ccccc4s3)o2)C1. The molecule has 0 spiro atoms. The lowest BCUT2D eigenvalue weighted by molar-refractivity contribution is -0.917. The molecule has 0 radical (unpaired) electrons. The molecule has 1 unspecified atom stereocenters. The van der Waals surface area contributed by atoms with Crippen LogP contribution in [-0.2, 0) is 11.3 Å². The van der Waals surface area contributed by atoms with Crippen LogP contribution < -0.4 is 10.2 Å². The summed E-state index contributed by atoms with van der Waals surface area (Å²) in [5.41, 5.74) is 1.03. The van der Waals surface area contributed by atoms with Crippen LogP contribution in [0, 0.1) is 5.92 Å². The van der Waals surface area contributed by atoms with Crippen molar-refractivity contribution in [3.05, 3.63) is 42.2 Å². The molecule has 144 valence electrons. The summed E-state index contributed by atoms with van der Waals surface area (Å²) in [4.78, 5) is 6.35. The highest BCUT2D eigenvalue weighted by atomic mass is 32.1. The number of nitrogens with zero attached hydrogens (tertiary/aromatic N) is 1. The van der Waals surface area contributed by atoms with Crippen molar-refractivity contribution < 1.29 is 19.4 Å². The fourth-order valence-electron chi connectivity index (χ4n) is 3.76. The smallest absolute Gasteiger partial charge is 0.163 e. The number of thiazole rings is 1. The second kappa shape index (κ2) is 8.52. The van der Waals surface area contributed by atoms with Gasteiger partial charge in [-0.2, -0.15) is 0 Å². The van der Waals surface area contributed by atoms with E-state index >= 15 is 0 Å². The van der Waals surface area contributed by atoms with Crippen LogP contribution >= 0.6 is 11.3 Å². The Balaban J connectivity index is 1.29. The van der Waals surface area contributed by atoms with Crippen LogP contribution in [0.5, 0.6) is 0 Å². The maximum atomic E-state index is 6.03. The Hall–Kier alpha value is -1.73. The molecule has 1 fully saturated rings. The number of furan rings is 1. The molecule has 4 rings (SSSR count). The van der Waals surface area contributed by atoms with Crippen LogP contribution in [-0.4, -0.2) is 43.9 Å². The van der Waals surface area contributed by atoms with Crippen molar-refractivity contribution in [2.45, 2.75) is 26.5 Å². The number of hydrogen-bond donors (Lipinski definition) is 2.